The van der Waals surface area contributed by atoms with Gasteiger partial charge in [0, 0.05) is 13.6 Å². The molecule has 11 nitrogen and oxygen atoms in total. The molecule has 0 saturated heterocycles. The van der Waals surface area contributed by atoms with E-state index in [0.717, 1.165) is 25.1 Å². The number of aromatic nitrogens is 7. The van der Waals surface area contributed by atoms with Gasteiger partial charge in [-0.25, -0.2) is 14.3 Å². The minimum absolute atomic E-state index is 0.117. The highest BCUT2D eigenvalue weighted by molar-refractivity contribution is 5.70. The molecule has 2 fully saturated rings. The van der Waals surface area contributed by atoms with Crippen LogP contribution in [0.4, 0.5) is 0 Å². The topological polar surface area (TPSA) is 130 Å². The molecule has 34 heavy (non-hydrogen) atoms. The first kappa shape index (κ1) is 22.3. The maximum atomic E-state index is 11.3. The molecule has 11 heteroatoms. The molecule has 180 valence electrons. The van der Waals surface area contributed by atoms with Gasteiger partial charge in [0.05, 0.1) is 23.4 Å². The van der Waals surface area contributed by atoms with E-state index < -0.39 is 5.97 Å². The third-order valence-corrected chi connectivity index (χ3v) is 6.49. The van der Waals surface area contributed by atoms with Gasteiger partial charge in [0.15, 0.2) is 0 Å². The molecular formula is C23H29N7O4. The van der Waals surface area contributed by atoms with Crippen LogP contribution in [0.5, 0.6) is 11.8 Å². The normalized spacial score (nSPS) is 20.3. The highest BCUT2D eigenvalue weighted by Crippen LogP contribution is 2.31. The minimum atomic E-state index is -0.749. The van der Waals surface area contributed by atoms with E-state index in [1.54, 1.807) is 18.1 Å². The van der Waals surface area contributed by atoms with Crippen molar-refractivity contribution in [1.82, 2.24) is 34.7 Å². The van der Waals surface area contributed by atoms with Gasteiger partial charge >= 0.3 is 12.0 Å². The molecule has 0 spiro atoms. The van der Waals surface area contributed by atoms with Crippen LogP contribution in [-0.4, -0.2) is 51.9 Å². The van der Waals surface area contributed by atoms with Gasteiger partial charge in [-0.15, -0.1) is 10.2 Å². The van der Waals surface area contributed by atoms with Gasteiger partial charge in [-0.1, -0.05) is 5.21 Å². The van der Waals surface area contributed by atoms with Gasteiger partial charge in [0.1, 0.15) is 30.1 Å². The molecule has 0 unspecified atom stereocenters. The van der Waals surface area contributed by atoms with Crippen molar-refractivity contribution in [2.75, 3.05) is 0 Å². The Labute approximate surface area is 197 Å². The minimum Gasteiger partial charge on any atom is -0.489 e. The number of nitrogens with zero attached hydrogens (tertiary/aromatic N) is 7. The Hall–Kier alpha value is -3.50. The van der Waals surface area contributed by atoms with Crippen molar-refractivity contribution in [1.29, 1.82) is 0 Å². The summed E-state index contributed by atoms with van der Waals surface area (Å²) in [6.07, 6.45) is 7.01. The molecule has 5 rings (SSSR count). The molecule has 1 N–H and O–H groups in total. The lowest BCUT2D eigenvalue weighted by atomic mass is 9.87. The van der Waals surface area contributed by atoms with Crippen molar-refractivity contribution in [2.45, 2.75) is 64.7 Å². The van der Waals surface area contributed by atoms with Gasteiger partial charge in [-0.3, -0.25) is 4.79 Å². The highest BCUT2D eigenvalue weighted by Gasteiger charge is 2.28. The van der Waals surface area contributed by atoms with Crippen LogP contribution in [0, 0.1) is 18.8 Å². The Bertz CT molecular complexity index is 1170. The average molecular weight is 468 g/mol. The fourth-order valence-corrected chi connectivity index (χ4v) is 4.33. The van der Waals surface area contributed by atoms with Crippen LogP contribution in [0.2, 0.25) is 0 Å². The lowest BCUT2D eigenvalue weighted by Crippen LogP contribution is -2.29. The molecule has 2 saturated carbocycles. The Morgan fingerprint density at radius 1 is 1.24 bits per heavy atom. The standard InChI is InChI=1S/C23H29N7O4/c1-14-20(34-17-5-3-4-16(10-17)22(31)32)9-8-18(25-14)21-19(29(2)28-26-21)12-33-23-24-13-30(27-23)11-15-6-7-15/h8-9,13,15-17H,3-7,10-12H2,1-2H3,(H,31,32)/t16-,17-/m0/s1. The summed E-state index contributed by atoms with van der Waals surface area (Å²) in [5.41, 5.74) is 2.76. The number of ether oxygens (including phenoxy) is 2. The molecule has 3 aromatic rings. The number of rotatable bonds is 9. The Morgan fingerprint density at radius 3 is 2.85 bits per heavy atom. The van der Waals surface area contributed by atoms with Gasteiger partial charge in [0.2, 0.25) is 0 Å². The Balaban J connectivity index is 1.26. The molecule has 3 aromatic heterocycles. The first-order chi connectivity index (χ1) is 16.5. The molecule has 0 radical (unpaired) electrons. The highest BCUT2D eigenvalue weighted by atomic mass is 16.5. The molecule has 2 aliphatic carbocycles. The molecule has 0 bridgehead atoms. The zero-order valence-electron chi connectivity index (χ0n) is 19.4. The van der Waals surface area contributed by atoms with E-state index in [2.05, 4.69) is 25.4 Å². The predicted molar refractivity (Wildman–Crippen MR) is 120 cm³/mol. The van der Waals surface area contributed by atoms with Crippen molar-refractivity contribution in [3.8, 4) is 23.1 Å². The molecule has 2 aliphatic rings. The SMILES string of the molecule is Cc1nc(-c2nnn(C)c2COc2ncn(CC3CC3)n2)ccc1O[C@H]1CCC[C@H](C(=O)O)C1. The van der Waals surface area contributed by atoms with E-state index in [4.69, 9.17) is 9.47 Å². The van der Waals surface area contributed by atoms with E-state index in [1.165, 1.54) is 12.8 Å². The second-order valence-electron chi connectivity index (χ2n) is 9.21. The average Bonchev–Trinajstić information content (AvgIpc) is 3.40. The first-order valence-corrected chi connectivity index (χ1v) is 11.7. The third-order valence-electron chi connectivity index (χ3n) is 6.49. The van der Waals surface area contributed by atoms with Crippen molar-refractivity contribution in [3.63, 3.8) is 0 Å². The summed E-state index contributed by atoms with van der Waals surface area (Å²) in [5, 5.41) is 22.1. The first-order valence-electron chi connectivity index (χ1n) is 11.7. The molecule has 0 aromatic carbocycles. The third kappa shape index (κ3) is 5.02. The molecule has 0 aliphatic heterocycles. The largest absolute Gasteiger partial charge is 0.489 e. The predicted octanol–water partition coefficient (Wildman–Crippen LogP) is 2.79. The summed E-state index contributed by atoms with van der Waals surface area (Å²) in [4.78, 5) is 20.3. The molecule has 0 amide bonds. The number of hydrogen-bond acceptors (Lipinski definition) is 8. The summed E-state index contributed by atoms with van der Waals surface area (Å²) >= 11 is 0. The van der Waals surface area contributed by atoms with Gasteiger partial charge in [0.25, 0.3) is 0 Å². The fraction of sp³-hybridized carbons (Fsp3) is 0.565. The number of carboxylic acid groups (broad SMARTS) is 1. The number of hydrogen-bond donors (Lipinski definition) is 1. The van der Waals surface area contributed by atoms with Crippen LogP contribution in [0.3, 0.4) is 0 Å². The number of carbonyl (C=O) groups is 1. The maximum Gasteiger partial charge on any atom is 0.335 e. The lowest BCUT2D eigenvalue weighted by molar-refractivity contribution is -0.143. The summed E-state index contributed by atoms with van der Waals surface area (Å²) in [6, 6.07) is 4.03. The van der Waals surface area contributed by atoms with E-state index in [-0.39, 0.29) is 18.6 Å². The lowest BCUT2D eigenvalue weighted by Gasteiger charge is -2.27. The van der Waals surface area contributed by atoms with Gasteiger partial charge in [-0.2, -0.15) is 4.98 Å². The molecular weight excluding hydrogens is 438 g/mol. The number of carboxylic acids is 1. The number of aliphatic carboxylic acids is 1. The number of pyridine rings is 1. The Morgan fingerprint density at radius 2 is 2.09 bits per heavy atom. The second-order valence-corrected chi connectivity index (χ2v) is 9.21. The monoisotopic (exact) mass is 467 g/mol. The van der Waals surface area contributed by atoms with E-state index in [9.17, 15) is 9.90 Å². The van der Waals surface area contributed by atoms with Crippen molar-refractivity contribution >= 4 is 5.97 Å². The van der Waals surface area contributed by atoms with Crippen LogP contribution < -0.4 is 9.47 Å². The second kappa shape index (κ2) is 9.40. The smallest absolute Gasteiger partial charge is 0.335 e. The van der Waals surface area contributed by atoms with Gasteiger partial charge < -0.3 is 14.6 Å². The zero-order chi connectivity index (χ0) is 23.7. The summed E-state index contributed by atoms with van der Waals surface area (Å²) < 4.78 is 15.4. The van der Waals surface area contributed by atoms with E-state index >= 15 is 0 Å². The Kier molecular flexibility index (Phi) is 6.16. The van der Waals surface area contributed by atoms with E-state index in [0.29, 0.717) is 47.6 Å². The van der Waals surface area contributed by atoms with Crippen molar-refractivity contribution in [3.05, 3.63) is 29.8 Å². The van der Waals surface area contributed by atoms with Crippen LogP contribution >= 0.6 is 0 Å². The summed E-state index contributed by atoms with van der Waals surface area (Å²) in [6.45, 7) is 2.97. The van der Waals surface area contributed by atoms with Crippen molar-refractivity contribution < 1.29 is 19.4 Å². The van der Waals surface area contributed by atoms with Crippen LogP contribution in [0.15, 0.2) is 18.5 Å². The molecule has 3 heterocycles. The summed E-state index contributed by atoms with van der Waals surface area (Å²) in [7, 11) is 1.81. The van der Waals surface area contributed by atoms with Crippen LogP contribution in [0.1, 0.15) is 49.9 Å². The van der Waals surface area contributed by atoms with Gasteiger partial charge in [-0.05, 0) is 63.5 Å². The number of aryl methyl sites for hydroxylation is 2. The molecule has 2 atom stereocenters. The van der Waals surface area contributed by atoms with Crippen molar-refractivity contribution in [2.24, 2.45) is 18.9 Å². The summed E-state index contributed by atoms with van der Waals surface area (Å²) in [5.74, 6) is 0.274. The van der Waals surface area contributed by atoms with E-state index in [1.807, 2.05) is 23.7 Å². The fourth-order valence-electron chi connectivity index (χ4n) is 4.33. The zero-order valence-corrected chi connectivity index (χ0v) is 19.4. The maximum absolute atomic E-state index is 11.3. The quantitative estimate of drug-likeness (QED) is 0.505. The van der Waals surface area contributed by atoms with Crippen LogP contribution in [-0.2, 0) is 25.0 Å². The van der Waals surface area contributed by atoms with Crippen LogP contribution in [0.25, 0.3) is 11.4 Å².